The number of carbonyl (C=O) groups is 2. The quantitative estimate of drug-likeness (QED) is 0.382. The van der Waals surface area contributed by atoms with Crippen molar-refractivity contribution >= 4 is 24.4 Å². The van der Waals surface area contributed by atoms with Crippen LogP contribution in [0.5, 0.6) is 0 Å². The van der Waals surface area contributed by atoms with Crippen molar-refractivity contribution in [2.45, 2.75) is 39.3 Å². The number of amides is 2. The molecule has 0 heterocycles. The molecule has 0 bridgehead atoms. The number of hydrogen-bond donors (Lipinski definition) is 5. The zero-order valence-electron chi connectivity index (χ0n) is 11.6. The summed E-state index contributed by atoms with van der Waals surface area (Å²) < 4.78 is 0. The molecule has 0 aliphatic heterocycles. The number of carbonyl (C=O) groups excluding carboxylic acids is 2. The van der Waals surface area contributed by atoms with Crippen molar-refractivity contribution in [3.63, 3.8) is 0 Å². The fourth-order valence-corrected chi connectivity index (χ4v) is 1.32. The van der Waals surface area contributed by atoms with Gasteiger partial charge in [-0.1, -0.05) is 13.8 Å². The van der Waals surface area contributed by atoms with Crippen molar-refractivity contribution in [1.29, 1.82) is 0 Å². The van der Waals surface area contributed by atoms with Crippen LogP contribution in [-0.4, -0.2) is 53.1 Å². The molecule has 6 nitrogen and oxygen atoms in total. The first-order valence-electron chi connectivity index (χ1n) is 6.21. The van der Waals surface area contributed by atoms with Crippen LogP contribution in [0.25, 0.3) is 0 Å². The number of thiol groups is 1. The van der Waals surface area contributed by atoms with Crippen molar-refractivity contribution in [2.75, 3.05) is 18.9 Å². The Morgan fingerprint density at radius 1 is 1.37 bits per heavy atom. The topological polar surface area (TPSA) is 98.7 Å². The average molecular weight is 292 g/mol. The molecule has 2 amide bonds. The molecule has 0 aliphatic rings. The molecule has 0 spiro atoms. The smallest absolute Gasteiger partial charge is 0.249 e. The summed E-state index contributed by atoms with van der Waals surface area (Å²) in [5, 5.41) is 23.9. The van der Waals surface area contributed by atoms with E-state index in [0.717, 1.165) is 0 Å². The van der Waals surface area contributed by atoms with Crippen LogP contribution < -0.4 is 10.6 Å². The molecule has 0 aromatic rings. The molecule has 0 rings (SSSR count). The van der Waals surface area contributed by atoms with Crippen molar-refractivity contribution in [1.82, 2.24) is 10.6 Å². The van der Waals surface area contributed by atoms with Gasteiger partial charge >= 0.3 is 0 Å². The van der Waals surface area contributed by atoms with Gasteiger partial charge in [0.25, 0.3) is 0 Å². The first kappa shape index (κ1) is 18.2. The molecule has 0 aromatic carbocycles. The summed E-state index contributed by atoms with van der Waals surface area (Å²) in [6, 6.07) is -0.0227. The highest BCUT2D eigenvalue weighted by Crippen LogP contribution is 2.19. The lowest BCUT2D eigenvalue weighted by Crippen LogP contribution is -2.46. The Labute approximate surface area is 119 Å². The van der Waals surface area contributed by atoms with Crippen LogP contribution >= 0.6 is 12.6 Å². The zero-order valence-corrected chi connectivity index (χ0v) is 12.5. The van der Waals surface area contributed by atoms with E-state index in [1.54, 1.807) is 13.8 Å². The molecule has 2 atom stereocenters. The van der Waals surface area contributed by atoms with E-state index < -0.39 is 17.4 Å². The van der Waals surface area contributed by atoms with Crippen molar-refractivity contribution < 1.29 is 19.8 Å². The SMILES string of the molecule is C[C@H](CS)NC(=O)CCNC(=O)[C@H](O)C(C)(C)CO. The summed E-state index contributed by atoms with van der Waals surface area (Å²) in [5.41, 5.74) is -0.910. The average Bonchev–Trinajstić information content (AvgIpc) is 2.37. The highest BCUT2D eigenvalue weighted by Gasteiger charge is 2.32. The lowest BCUT2D eigenvalue weighted by Gasteiger charge is -2.27. The number of rotatable bonds is 8. The maximum atomic E-state index is 11.6. The predicted octanol–water partition coefficient (Wildman–Crippen LogP) is -0.693. The Morgan fingerprint density at radius 3 is 2.42 bits per heavy atom. The molecule has 4 N–H and O–H groups in total. The molecule has 0 saturated heterocycles. The normalized spacial score (nSPS) is 14.6. The molecule has 0 unspecified atom stereocenters. The van der Waals surface area contributed by atoms with Crippen LogP contribution in [0, 0.1) is 5.41 Å². The molecular weight excluding hydrogens is 268 g/mol. The largest absolute Gasteiger partial charge is 0.396 e. The van der Waals surface area contributed by atoms with Crippen LogP contribution in [-0.2, 0) is 9.59 Å². The fraction of sp³-hybridized carbons (Fsp3) is 0.833. The number of aliphatic hydroxyl groups excluding tert-OH is 2. The highest BCUT2D eigenvalue weighted by molar-refractivity contribution is 7.80. The lowest BCUT2D eigenvalue weighted by atomic mass is 9.87. The summed E-state index contributed by atoms with van der Waals surface area (Å²) in [6.07, 6.45) is -1.17. The van der Waals surface area contributed by atoms with Gasteiger partial charge in [0.2, 0.25) is 11.8 Å². The van der Waals surface area contributed by atoms with E-state index in [1.807, 2.05) is 6.92 Å². The molecule has 0 saturated carbocycles. The minimum absolute atomic E-state index is 0.0227. The Hall–Kier alpha value is -0.790. The Kier molecular flexibility index (Phi) is 8.05. The van der Waals surface area contributed by atoms with Crippen molar-refractivity contribution in [2.24, 2.45) is 5.41 Å². The second kappa shape index (κ2) is 8.39. The summed E-state index contributed by atoms with van der Waals surface area (Å²) in [5.74, 6) is -0.228. The number of hydrogen-bond acceptors (Lipinski definition) is 5. The van der Waals surface area contributed by atoms with Crippen LogP contribution in [0.2, 0.25) is 0 Å². The van der Waals surface area contributed by atoms with Crippen molar-refractivity contribution in [3.05, 3.63) is 0 Å². The minimum Gasteiger partial charge on any atom is -0.396 e. The second-order valence-corrected chi connectivity index (χ2v) is 5.61. The van der Waals surface area contributed by atoms with E-state index in [-0.39, 0.29) is 31.5 Å². The van der Waals surface area contributed by atoms with Gasteiger partial charge < -0.3 is 20.8 Å². The first-order chi connectivity index (χ1) is 8.74. The van der Waals surface area contributed by atoms with Gasteiger partial charge in [0.05, 0.1) is 6.61 Å². The van der Waals surface area contributed by atoms with Crippen molar-refractivity contribution in [3.8, 4) is 0 Å². The van der Waals surface area contributed by atoms with Gasteiger partial charge in [-0.3, -0.25) is 9.59 Å². The van der Waals surface area contributed by atoms with Gasteiger partial charge in [-0.15, -0.1) is 0 Å². The van der Waals surface area contributed by atoms with Gasteiger partial charge in [0, 0.05) is 30.2 Å². The Balaban J connectivity index is 4.02. The third-order valence-corrected chi connectivity index (χ3v) is 3.28. The maximum absolute atomic E-state index is 11.6. The molecule has 7 heteroatoms. The van der Waals surface area contributed by atoms with Gasteiger partial charge in [-0.05, 0) is 6.92 Å². The van der Waals surface area contributed by atoms with E-state index >= 15 is 0 Å². The minimum atomic E-state index is -1.31. The highest BCUT2D eigenvalue weighted by atomic mass is 32.1. The molecule has 19 heavy (non-hydrogen) atoms. The van der Waals surface area contributed by atoms with Gasteiger partial charge in [0.15, 0.2) is 0 Å². The Morgan fingerprint density at radius 2 is 1.95 bits per heavy atom. The van der Waals surface area contributed by atoms with Crippen LogP contribution in [0.3, 0.4) is 0 Å². The van der Waals surface area contributed by atoms with E-state index in [0.29, 0.717) is 5.75 Å². The summed E-state index contributed by atoms with van der Waals surface area (Å²) >= 11 is 4.04. The third kappa shape index (κ3) is 6.79. The van der Waals surface area contributed by atoms with Gasteiger partial charge in [-0.2, -0.15) is 12.6 Å². The standard InChI is InChI=1S/C12H24N2O4S/c1-8(6-19)14-9(16)4-5-13-11(18)10(17)12(2,3)7-15/h8,10,15,17,19H,4-7H2,1-3H3,(H,13,18)(H,14,16)/t8-,10+/m1/s1. The van der Waals surface area contributed by atoms with Crippen LogP contribution in [0.4, 0.5) is 0 Å². The molecular formula is C12H24N2O4S. The fourth-order valence-electron chi connectivity index (χ4n) is 1.23. The third-order valence-electron chi connectivity index (χ3n) is 2.73. The number of nitrogens with one attached hydrogen (secondary N) is 2. The van der Waals surface area contributed by atoms with Crippen LogP contribution in [0.1, 0.15) is 27.2 Å². The second-order valence-electron chi connectivity index (χ2n) is 5.24. The van der Waals surface area contributed by atoms with E-state index in [1.165, 1.54) is 0 Å². The van der Waals surface area contributed by atoms with Crippen LogP contribution in [0.15, 0.2) is 0 Å². The number of aliphatic hydroxyl groups is 2. The first-order valence-corrected chi connectivity index (χ1v) is 6.84. The Bertz CT molecular complexity index is 310. The lowest BCUT2D eigenvalue weighted by molar-refractivity contribution is -0.137. The van der Waals surface area contributed by atoms with E-state index in [2.05, 4.69) is 23.3 Å². The van der Waals surface area contributed by atoms with E-state index in [9.17, 15) is 14.7 Å². The zero-order chi connectivity index (χ0) is 15.1. The molecule has 112 valence electrons. The van der Waals surface area contributed by atoms with Gasteiger partial charge in [-0.25, -0.2) is 0 Å². The molecule has 0 aromatic heterocycles. The van der Waals surface area contributed by atoms with Gasteiger partial charge in [0.1, 0.15) is 6.10 Å². The summed E-state index contributed by atoms with van der Waals surface area (Å²) in [4.78, 5) is 23.0. The maximum Gasteiger partial charge on any atom is 0.249 e. The van der Waals surface area contributed by atoms with E-state index in [4.69, 9.17) is 5.11 Å². The predicted molar refractivity (Wildman–Crippen MR) is 76.0 cm³/mol. The molecule has 0 radical (unpaired) electrons. The summed E-state index contributed by atoms with van der Waals surface area (Å²) in [6.45, 7) is 4.83. The monoisotopic (exact) mass is 292 g/mol. The molecule has 0 fully saturated rings. The molecule has 0 aliphatic carbocycles. The summed E-state index contributed by atoms with van der Waals surface area (Å²) in [7, 11) is 0.